The average Bonchev–Trinajstić information content (AvgIpc) is 2.32. The molecule has 0 fully saturated rings. The van der Waals surface area contributed by atoms with Gasteiger partial charge in [-0.05, 0) is 52.3 Å². The van der Waals surface area contributed by atoms with Crippen molar-refractivity contribution in [2.75, 3.05) is 5.73 Å². The van der Waals surface area contributed by atoms with Crippen LogP contribution in [0.3, 0.4) is 0 Å². The van der Waals surface area contributed by atoms with E-state index in [2.05, 4.69) is 15.9 Å². The number of ketones is 1. The van der Waals surface area contributed by atoms with Crippen LogP contribution < -0.4 is 5.73 Å². The van der Waals surface area contributed by atoms with E-state index in [0.29, 0.717) is 15.7 Å². The zero-order chi connectivity index (χ0) is 13.3. The van der Waals surface area contributed by atoms with Crippen LogP contribution in [0.2, 0.25) is 5.02 Å². The first-order valence-electron chi connectivity index (χ1n) is 5.04. The maximum absolute atomic E-state index is 13.3. The molecule has 0 saturated carbocycles. The highest BCUT2D eigenvalue weighted by Gasteiger charge is 2.14. The van der Waals surface area contributed by atoms with Gasteiger partial charge in [-0.1, -0.05) is 11.6 Å². The van der Waals surface area contributed by atoms with E-state index in [4.69, 9.17) is 17.3 Å². The molecule has 5 heteroatoms. The summed E-state index contributed by atoms with van der Waals surface area (Å²) < 4.78 is 13.9. The lowest BCUT2D eigenvalue weighted by atomic mass is 10.0. The Morgan fingerprint density at radius 1 is 1.22 bits per heavy atom. The average molecular weight is 329 g/mol. The summed E-state index contributed by atoms with van der Waals surface area (Å²) in [4.78, 5) is 12.2. The van der Waals surface area contributed by atoms with Crippen LogP contribution in [0.4, 0.5) is 10.1 Å². The van der Waals surface area contributed by atoms with Crippen LogP contribution in [-0.4, -0.2) is 5.78 Å². The molecule has 2 nitrogen and oxygen atoms in total. The summed E-state index contributed by atoms with van der Waals surface area (Å²) >= 11 is 8.83. The van der Waals surface area contributed by atoms with Crippen LogP contribution in [0.25, 0.3) is 0 Å². The van der Waals surface area contributed by atoms with Crippen LogP contribution in [0.1, 0.15) is 15.9 Å². The number of benzene rings is 2. The first-order chi connectivity index (χ1) is 8.49. The third-order valence-corrected chi connectivity index (χ3v) is 3.38. The van der Waals surface area contributed by atoms with Crippen molar-refractivity contribution < 1.29 is 9.18 Å². The number of carbonyl (C=O) groups excluding carboxylic acids is 1. The van der Waals surface area contributed by atoms with Crippen molar-refractivity contribution in [2.45, 2.75) is 0 Å². The Labute approximate surface area is 117 Å². The quantitative estimate of drug-likeness (QED) is 0.667. The first kappa shape index (κ1) is 13.1. The lowest BCUT2D eigenvalue weighted by Crippen LogP contribution is -2.03. The molecule has 18 heavy (non-hydrogen) atoms. The molecule has 0 heterocycles. The Morgan fingerprint density at radius 2 is 1.94 bits per heavy atom. The normalized spacial score (nSPS) is 10.4. The Bertz CT molecular complexity index is 630. The number of nitrogen functional groups attached to an aromatic ring is 1. The second-order valence-corrected chi connectivity index (χ2v) is 4.96. The van der Waals surface area contributed by atoms with E-state index in [0.717, 1.165) is 6.07 Å². The molecule has 0 radical (unpaired) electrons. The van der Waals surface area contributed by atoms with Gasteiger partial charge in [0.05, 0.1) is 5.02 Å². The molecule has 0 unspecified atom stereocenters. The van der Waals surface area contributed by atoms with Gasteiger partial charge < -0.3 is 5.73 Å². The van der Waals surface area contributed by atoms with E-state index >= 15 is 0 Å². The van der Waals surface area contributed by atoms with Gasteiger partial charge in [0.2, 0.25) is 0 Å². The summed E-state index contributed by atoms with van der Waals surface area (Å²) in [5.74, 6) is -0.911. The van der Waals surface area contributed by atoms with Crippen molar-refractivity contribution in [3.8, 4) is 0 Å². The Hall–Kier alpha value is -1.39. The molecule has 2 N–H and O–H groups in total. The minimum atomic E-state index is -0.617. The molecule has 0 amide bonds. The van der Waals surface area contributed by atoms with Gasteiger partial charge in [0.1, 0.15) is 5.82 Å². The number of carbonyl (C=O) groups is 1. The van der Waals surface area contributed by atoms with Crippen molar-refractivity contribution in [1.82, 2.24) is 0 Å². The molecule has 0 atom stereocenters. The van der Waals surface area contributed by atoms with Gasteiger partial charge in [-0.25, -0.2) is 4.39 Å². The Kier molecular flexibility index (Phi) is 3.68. The van der Waals surface area contributed by atoms with Gasteiger partial charge in [0.25, 0.3) is 0 Å². The van der Waals surface area contributed by atoms with Crippen molar-refractivity contribution in [2.24, 2.45) is 0 Å². The molecular weight excluding hydrogens is 321 g/mol. The Balaban J connectivity index is 2.44. The van der Waals surface area contributed by atoms with Gasteiger partial charge in [0, 0.05) is 21.3 Å². The van der Waals surface area contributed by atoms with Gasteiger partial charge in [0.15, 0.2) is 5.78 Å². The van der Waals surface area contributed by atoms with E-state index in [9.17, 15) is 9.18 Å². The van der Waals surface area contributed by atoms with Crippen molar-refractivity contribution in [3.63, 3.8) is 0 Å². The van der Waals surface area contributed by atoms with Crippen LogP contribution in [0, 0.1) is 5.82 Å². The molecule has 0 aliphatic carbocycles. The monoisotopic (exact) mass is 327 g/mol. The molecule has 2 aromatic carbocycles. The van der Waals surface area contributed by atoms with Crippen molar-refractivity contribution in [3.05, 3.63) is 62.8 Å². The molecule has 0 aliphatic rings. The summed E-state index contributed by atoms with van der Waals surface area (Å²) in [5.41, 5.74) is 6.79. The third-order valence-electron chi connectivity index (χ3n) is 2.42. The largest absolute Gasteiger partial charge is 0.399 e. The highest BCUT2D eigenvalue weighted by molar-refractivity contribution is 9.10. The second kappa shape index (κ2) is 5.08. The smallest absolute Gasteiger partial charge is 0.194 e. The predicted molar refractivity (Wildman–Crippen MR) is 73.4 cm³/mol. The molecule has 92 valence electrons. The fourth-order valence-corrected chi connectivity index (χ4v) is 2.20. The fraction of sp³-hybridized carbons (Fsp3) is 0. The van der Waals surface area contributed by atoms with Gasteiger partial charge in [-0.15, -0.1) is 0 Å². The van der Waals surface area contributed by atoms with E-state index < -0.39 is 5.82 Å². The lowest BCUT2D eigenvalue weighted by molar-refractivity contribution is 0.103. The topological polar surface area (TPSA) is 43.1 Å². The van der Waals surface area contributed by atoms with Crippen LogP contribution in [-0.2, 0) is 0 Å². The summed E-state index contributed by atoms with van der Waals surface area (Å²) in [6, 6.07) is 8.79. The zero-order valence-corrected chi connectivity index (χ0v) is 11.4. The molecule has 0 spiro atoms. The van der Waals surface area contributed by atoms with Crippen LogP contribution in [0.15, 0.2) is 40.9 Å². The maximum Gasteiger partial charge on any atom is 0.194 e. The van der Waals surface area contributed by atoms with E-state index in [1.807, 2.05) is 0 Å². The van der Waals surface area contributed by atoms with Crippen LogP contribution >= 0.6 is 27.5 Å². The molecule has 0 bridgehead atoms. The summed E-state index contributed by atoms with van der Waals surface area (Å²) in [6.45, 7) is 0. The maximum atomic E-state index is 13.3. The lowest BCUT2D eigenvalue weighted by Gasteiger charge is -2.05. The zero-order valence-electron chi connectivity index (χ0n) is 9.08. The molecule has 0 aromatic heterocycles. The second-order valence-electron chi connectivity index (χ2n) is 3.70. The number of rotatable bonds is 2. The Morgan fingerprint density at radius 3 is 2.56 bits per heavy atom. The molecular formula is C13H8BrClFNO. The van der Waals surface area contributed by atoms with E-state index in [1.165, 1.54) is 12.1 Å². The highest BCUT2D eigenvalue weighted by atomic mass is 79.9. The highest BCUT2D eigenvalue weighted by Crippen LogP contribution is 2.24. The van der Waals surface area contributed by atoms with Crippen LogP contribution in [0.5, 0.6) is 0 Å². The van der Waals surface area contributed by atoms with Gasteiger partial charge in [-0.3, -0.25) is 4.79 Å². The summed E-state index contributed by atoms with van der Waals surface area (Å²) in [5, 5.41) is -0.0112. The first-order valence-corrected chi connectivity index (χ1v) is 6.21. The number of halogens is 3. The van der Waals surface area contributed by atoms with Gasteiger partial charge >= 0.3 is 0 Å². The fourth-order valence-electron chi connectivity index (χ4n) is 1.51. The predicted octanol–water partition coefficient (Wildman–Crippen LogP) is 4.05. The summed E-state index contributed by atoms with van der Waals surface area (Å²) in [7, 11) is 0. The third kappa shape index (κ3) is 2.54. The standard InChI is InChI=1S/C13H8BrClFNO/c14-10-6-8(17)2-3-9(10)13(18)7-1-4-11(15)12(16)5-7/h1-6H,17H2. The number of hydrogen-bond donors (Lipinski definition) is 1. The van der Waals surface area contributed by atoms with Crippen molar-refractivity contribution >= 4 is 39.0 Å². The molecule has 2 aromatic rings. The molecule has 0 saturated heterocycles. The SMILES string of the molecule is Nc1ccc(C(=O)c2ccc(Cl)c(F)c2)c(Br)c1. The van der Waals surface area contributed by atoms with E-state index in [-0.39, 0.29) is 16.4 Å². The van der Waals surface area contributed by atoms with E-state index in [1.54, 1.807) is 18.2 Å². The molecule has 2 rings (SSSR count). The number of hydrogen-bond acceptors (Lipinski definition) is 2. The van der Waals surface area contributed by atoms with Gasteiger partial charge in [-0.2, -0.15) is 0 Å². The summed E-state index contributed by atoms with van der Waals surface area (Å²) in [6.07, 6.45) is 0. The van der Waals surface area contributed by atoms with Crippen molar-refractivity contribution in [1.29, 1.82) is 0 Å². The minimum Gasteiger partial charge on any atom is -0.399 e. The minimum absolute atomic E-state index is 0.0112. The number of nitrogens with two attached hydrogens (primary N) is 1. The molecule has 0 aliphatic heterocycles. The number of anilines is 1.